The Morgan fingerprint density at radius 3 is 2.59 bits per heavy atom. The number of ether oxygens (including phenoxy) is 2. The fourth-order valence-electron chi connectivity index (χ4n) is 1.75. The molecule has 1 rings (SSSR count). The van der Waals surface area contributed by atoms with Crippen LogP contribution in [0.2, 0.25) is 0 Å². The summed E-state index contributed by atoms with van der Waals surface area (Å²) in [4.78, 5) is 0. The van der Waals surface area contributed by atoms with Crippen LogP contribution in [0.4, 0.5) is 0 Å². The van der Waals surface area contributed by atoms with Gasteiger partial charge in [0.05, 0.1) is 13.2 Å². The molecule has 3 heteroatoms. The minimum absolute atomic E-state index is 0.174. The Balaban J connectivity index is 2.84. The van der Waals surface area contributed by atoms with Gasteiger partial charge in [-0.3, -0.25) is 0 Å². The topological polar surface area (TPSA) is 44.5 Å². The molecule has 3 nitrogen and oxygen atoms in total. The number of benzene rings is 1. The predicted octanol–water partition coefficient (Wildman–Crippen LogP) is 2.51. The molecular weight excluding hydrogens is 214 g/mol. The van der Waals surface area contributed by atoms with Crippen molar-refractivity contribution in [2.24, 2.45) is 5.73 Å². The van der Waals surface area contributed by atoms with Gasteiger partial charge in [0.1, 0.15) is 5.75 Å². The summed E-state index contributed by atoms with van der Waals surface area (Å²) in [7, 11) is 0. The Morgan fingerprint density at radius 1 is 1.24 bits per heavy atom. The Labute approximate surface area is 104 Å². The second-order valence-electron chi connectivity index (χ2n) is 4.19. The maximum absolute atomic E-state index is 5.81. The number of nitrogens with two attached hydrogens (primary N) is 1. The molecule has 96 valence electrons. The van der Waals surface area contributed by atoms with E-state index in [1.165, 1.54) is 5.56 Å². The van der Waals surface area contributed by atoms with E-state index in [0.29, 0.717) is 19.8 Å². The van der Waals surface area contributed by atoms with Gasteiger partial charge in [0.2, 0.25) is 0 Å². The Hall–Kier alpha value is -1.06. The molecule has 0 aliphatic heterocycles. The molecule has 0 aromatic heterocycles. The predicted molar refractivity (Wildman–Crippen MR) is 70.3 cm³/mol. The number of hydrogen-bond donors (Lipinski definition) is 1. The summed E-state index contributed by atoms with van der Waals surface area (Å²) in [5.41, 5.74) is 8.15. The van der Waals surface area contributed by atoms with Crippen LogP contribution in [0, 0.1) is 0 Å². The second-order valence-corrected chi connectivity index (χ2v) is 4.19. The lowest BCUT2D eigenvalue weighted by molar-refractivity contribution is 0.131. The van der Waals surface area contributed by atoms with E-state index in [1.54, 1.807) is 0 Å². The third kappa shape index (κ3) is 4.75. The minimum atomic E-state index is 0.174. The molecule has 1 aromatic rings. The van der Waals surface area contributed by atoms with Crippen molar-refractivity contribution in [1.82, 2.24) is 0 Å². The highest BCUT2D eigenvalue weighted by atomic mass is 16.5. The van der Waals surface area contributed by atoms with Crippen molar-refractivity contribution in [1.29, 1.82) is 0 Å². The smallest absolute Gasteiger partial charge is 0.124 e. The molecule has 0 amide bonds. The highest BCUT2D eigenvalue weighted by molar-refractivity contribution is 5.37. The van der Waals surface area contributed by atoms with Gasteiger partial charge in [-0.15, -0.1) is 0 Å². The van der Waals surface area contributed by atoms with Gasteiger partial charge in [-0.25, -0.2) is 0 Å². The van der Waals surface area contributed by atoms with Crippen LogP contribution in [-0.2, 0) is 17.8 Å². The molecule has 0 fully saturated rings. The third-order valence-electron chi connectivity index (χ3n) is 2.44. The molecule has 0 saturated heterocycles. The maximum Gasteiger partial charge on any atom is 0.124 e. The molecule has 0 aliphatic carbocycles. The molecule has 17 heavy (non-hydrogen) atoms. The van der Waals surface area contributed by atoms with Gasteiger partial charge < -0.3 is 15.2 Å². The molecule has 0 radical (unpaired) electrons. The van der Waals surface area contributed by atoms with Crippen LogP contribution in [0.15, 0.2) is 18.2 Å². The molecule has 1 unspecified atom stereocenters. The van der Waals surface area contributed by atoms with E-state index in [1.807, 2.05) is 26.8 Å². The van der Waals surface area contributed by atoms with Crippen molar-refractivity contribution in [2.45, 2.75) is 39.8 Å². The SMILES string of the molecule is CCOCc1cc(CC(C)N)ccc1OCC. The highest BCUT2D eigenvalue weighted by Gasteiger charge is 2.06. The molecule has 0 bridgehead atoms. The lowest BCUT2D eigenvalue weighted by atomic mass is 10.0. The Kier molecular flexibility index (Phi) is 6.01. The summed E-state index contributed by atoms with van der Waals surface area (Å²) in [5.74, 6) is 0.911. The zero-order valence-electron chi connectivity index (χ0n) is 11.0. The van der Waals surface area contributed by atoms with Crippen molar-refractivity contribution in [2.75, 3.05) is 13.2 Å². The summed E-state index contributed by atoms with van der Waals surface area (Å²) in [6.45, 7) is 7.97. The molecule has 0 heterocycles. The van der Waals surface area contributed by atoms with Crippen LogP contribution >= 0.6 is 0 Å². The molecule has 0 aliphatic rings. The quantitative estimate of drug-likeness (QED) is 0.792. The zero-order valence-corrected chi connectivity index (χ0v) is 11.0. The molecule has 1 aromatic carbocycles. The van der Waals surface area contributed by atoms with E-state index >= 15 is 0 Å². The summed E-state index contributed by atoms with van der Waals surface area (Å²) in [6, 6.07) is 6.39. The summed E-state index contributed by atoms with van der Waals surface area (Å²) in [5, 5.41) is 0. The first kappa shape index (κ1) is 14.0. The average molecular weight is 237 g/mol. The van der Waals surface area contributed by atoms with Crippen LogP contribution in [0.25, 0.3) is 0 Å². The van der Waals surface area contributed by atoms with Crippen molar-refractivity contribution in [3.8, 4) is 5.75 Å². The molecular formula is C14H23NO2. The Morgan fingerprint density at radius 2 is 2.00 bits per heavy atom. The van der Waals surface area contributed by atoms with Crippen LogP contribution in [0.3, 0.4) is 0 Å². The van der Waals surface area contributed by atoms with Crippen LogP contribution in [0.1, 0.15) is 31.9 Å². The standard InChI is InChI=1S/C14H23NO2/c1-4-16-10-13-9-12(8-11(3)15)6-7-14(13)17-5-2/h6-7,9,11H,4-5,8,10,15H2,1-3H3. The van der Waals surface area contributed by atoms with E-state index in [-0.39, 0.29) is 6.04 Å². The lowest BCUT2D eigenvalue weighted by Gasteiger charge is -2.13. The number of hydrogen-bond acceptors (Lipinski definition) is 3. The van der Waals surface area contributed by atoms with Crippen LogP contribution in [0.5, 0.6) is 5.75 Å². The average Bonchev–Trinajstić information content (AvgIpc) is 2.28. The van der Waals surface area contributed by atoms with Crippen molar-refractivity contribution in [3.05, 3.63) is 29.3 Å². The zero-order chi connectivity index (χ0) is 12.7. The monoisotopic (exact) mass is 237 g/mol. The first-order valence-corrected chi connectivity index (χ1v) is 6.25. The van der Waals surface area contributed by atoms with Crippen molar-refractivity contribution >= 4 is 0 Å². The van der Waals surface area contributed by atoms with Gasteiger partial charge in [-0.2, -0.15) is 0 Å². The fraction of sp³-hybridized carbons (Fsp3) is 0.571. The van der Waals surface area contributed by atoms with Crippen molar-refractivity contribution in [3.63, 3.8) is 0 Å². The molecule has 0 spiro atoms. The van der Waals surface area contributed by atoms with Gasteiger partial charge in [-0.1, -0.05) is 6.07 Å². The van der Waals surface area contributed by atoms with Gasteiger partial charge in [-0.05, 0) is 44.9 Å². The summed E-state index contributed by atoms with van der Waals surface area (Å²) >= 11 is 0. The highest BCUT2D eigenvalue weighted by Crippen LogP contribution is 2.22. The molecule has 1 atom stereocenters. The maximum atomic E-state index is 5.81. The first-order valence-electron chi connectivity index (χ1n) is 6.25. The minimum Gasteiger partial charge on any atom is -0.494 e. The first-order chi connectivity index (χ1) is 8.17. The largest absolute Gasteiger partial charge is 0.494 e. The molecule has 2 N–H and O–H groups in total. The summed E-state index contributed by atoms with van der Waals surface area (Å²) < 4.78 is 11.0. The van der Waals surface area contributed by atoms with E-state index < -0.39 is 0 Å². The van der Waals surface area contributed by atoms with E-state index in [4.69, 9.17) is 15.2 Å². The van der Waals surface area contributed by atoms with Gasteiger partial charge in [0.15, 0.2) is 0 Å². The van der Waals surface area contributed by atoms with Crippen LogP contribution in [-0.4, -0.2) is 19.3 Å². The lowest BCUT2D eigenvalue weighted by Crippen LogP contribution is -2.17. The number of rotatable bonds is 7. The fourth-order valence-corrected chi connectivity index (χ4v) is 1.75. The molecule has 0 saturated carbocycles. The van der Waals surface area contributed by atoms with Crippen LogP contribution < -0.4 is 10.5 Å². The third-order valence-corrected chi connectivity index (χ3v) is 2.44. The second kappa shape index (κ2) is 7.30. The van der Waals surface area contributed by atoms with E-state index in [0.717, 1.165) is 17.7 Å². The van der Waals surface area contributed by atoms with Gasteiger partial charge in [0.25, 0.3) is 0 Å². The van der Waals surface area contributed by atoms with E-state index in [9.17, 15) is 0 Å². The van der Waals surface area contributed by atoms with E-state index in [2.05, 4.69) is 12.1 Å². The normalized spacial score (nSPS) is 12.5. The van der Waals surface area contributed by atoms with Crippen molar-refractivity contribution < 1.29 is 9.47 Å². The summed E-state index contributed by atoms with van der Waals surface area (Å²) in [6.07, 6.45) is 0.880. The Bertz CT molecular complexity index is 337. The van der Waals surface area contributed by atoms with Gasteiger partial charge in [0, 0.05) is 18.2 Å². The van der Waals surface area contributed by atoms with Gasteiger partial charge >= 0.3 is 0 Å².